The van der Waals surface area contributed by atoms with Gasteiger partial charge in [-0.1, -0.05) is 26.0 Å². The summed E-state index contributed by atoms with van der Waals surface area (Å²) in [5, 5.41) is 22.8. The molecule has 0 spiro atoms. The fourth-order valence-electron chi connectivity index (χ4n) is 3.37. The van der Waals surface area contributed by atoms with Gasteiger partial charge in [0.15, 0.2) is 6.61 Å². The van der Waals surface area contributed by atoms with Gasteiger partial charge in [-0.25, -0.2) is 9.48 Å². The first-order valence-electron chi connectivity index (χ1n) is 16.3. The summed E-state index contributed by atoms with van der Waals surface area (Å²) < 4.78 is 34.1. The number of oxime groups is 1. The maximum absolute atomic E-state index is 11.9. The van der Waals surface area contributed by atoms with Crippen molar-refractivity contribution in [2.24, 2.45) is 10.6 Å². The minimum atomic E-state index is -0.719. The molecule has 1 aromatic heterocycles. The van der Waals surface area contributed by atoms with Crippen LogP contribution in [-0.2, 0) is 65.6 Å². The molecular formula is C30H53N9O12. The molecule has 1 heterocycles. The van der Waals surface area contributed by atoms with E-state index in [-0.39, 0.29) is 38.2 Å². The summed E-state index contributed by atoms with van der Waals surface area (Å²) in [5.41, 5.74) is 0.588. The van der Waals surface area contributed by atoms with Crippen LogP contribution < -0.4 is 26.6 Å². The van der Waals surface area contributed by atoms with E-state index >= 15 is 0 Å². The predicted molar refractivity (Wildman–Crippen MR) is 179 cm³/mol. The lowest BCUT2D eigenvalue weighted by Gasteiger charge is -2.17. The Morgan fingerprint density at radius 2 is 1.20 bits per heavy atom. The monoisotopic (exact) mass is 731 g/mol. The highest BCUT2D eigenvalue weighted by molar-refractivity contribution is 5.90. The van der Waals surface area contributed by atoms with E-state index in [2.05, 4.69) is 74.4 Å². The number of amides is 5. The van der Waals surface area contributed by atoms with Gasteiger partial charge in [-0.15, -0.1) is 10.3 Å². The molecule has 0 atom stereocenters. The smallest absolute Gasteiger partial charge is 0.407 e. The molecular weight excluding hydrogens is 678 g/mol. The number of rotatable bonds is 30. The molecule has 0 saturated heterocycles. The van der Waals surface area contributed by atoms with Crippen LogP contribution in [-0.4, -0.2) is 157 Å². The third kappa shape index (κ3) is 28.0. The molecule has 0 radical (unpaired) electrons. The molecule has 1 rings (SSSR count). The maximum atomic E-state index is 11.9. The molecule has 0 unspecified atom stereocenters. The standard InChI is InChI=1S/C30H53N9O12/c1-30(2,3)23-49-16-15-48-14-13-47-12-11-46-10-9-45-8-7-39-20-24(37-38-39)21-50-29(44)33-6-5-32-25(40)17-34-26(41)18-35-27(42)19-36-28(43)22-51-31-4/h20H,4-19,21-23H2,1-3H3,(H,32,40)(H,33,44)(H,34,41)(H,35,42)(H,36,43). The van der Waals surface area contributed by atoms with Gasteiger partial charge < -0.3 is 59.8 Å². The van der Waals surface area contributed by atoms with E-state index < -0.39 is 42.9 Å². The first-order chi connectivity index (χ1) is 24.5. The van der Waals surface area contributed by atoms with Crippen molar-refractivity contribution < 1.29 is 57.2 Å². The number of hydrogen-bond acceptors (Lipinski definition) is 15. The molecule has 21 nitrogen and oxygen atoms in total. The number of carbonyl (C=O) groups excluding carboxylic acids is 5. The molecule has 5 amide bonds. The molecule has 0 aliphatic rings. The topological polar surface area (TPSA) is 253 Å². The molecule has 5 N–H and O–H groups in total. The number of hydrogen-bond donors (Lipinski definition) is 5. The van der Waals surface area contributed by atoms with Gasteiger partial charge in [0, 0.05) is 19.8 Å². The van der Waals surface area contributed by atoms with Crippen LogP contribution in [0.5, 0.6) is 0 Å². The number of carbonyl (C=O) groups is 5. The van der Waals surface area contributed by atoms with Crippen molar-refractivity contribution in [2.45, 2.75) is 33.9 Å². The van der Waals surface area contributed by atoms with Crippen molar-refractivity contribution in [3.63, 3.8) is 0 Å². The van der Waals surface area contributed by atoms with Gasteiger partial charge in [-0.3, -0.25) is 19.2 Å². The predicted octanol–water partition coefficient (Wildman–Crippen LogP) is -2.27. The second-order valence-corrected chi connectivity index (χ2v) is 11.6. The summed E-state index contributed by atoms with van der Waals surface area (Å²) in [6.07, 6.45) is 0.910. The highest BCUT2D eigenvalue weighted by Gasteiger charge is 2.11. The van der Waals surface area contributed by atoms with Gasteiger partial charge in [-0.05, 0) is 5.41 Å². The summed E-state index contributed by atoms with van der Waals surface area (Å²) in [4.78, 5) is 62.9. The molecule has 0 saturated carbocycles. The highest BCUT2D eigenvalue weighted by atomic mass is 16.6. The first-order valence-corrected chi connectivity index (χ1v) is 16.3. The lowest BCUT2D eigenvalue weighted by atomic mass is 9.99. The number of nitrogens with one attached hydrogen (secondary N) is 5. The zero-order valence-corrected chi connectivity index (χ0v) is 29.7. The minimum Gasteiger partial charge on any atom is -0.443 e. The van der Waals surface area contributed by atoms with E-state index in [0.29, 0.717) is 78.3 Å². The quantitative estimate of drug-likeness (QED) is 0.0318. The molecule has 0 aliphatic heterocycles. The fraction of sp³-hybridized carbons (Fsp3) is 0.733. The normalized spacial score (nSPS) is 11.0. The molecule has 0 aliphatic carbocycles. The first kappa shape index (κ1) is 44.6. The Morgan fingerprint density at radius 1 is 0.706 bits per heavy atom. The fourth-order valence-corrected chi connectivity index (χ4v) is 3.37. The van der Waals surface area contributed by atoms with Gasteiger partial charge in [-0.2, -0.15) is 0 Å². The Labute approximate surface area is 297 Å². The molecule has 0 fully saturated rings. The summed E-state index contributed by atoms with van der Waals surface area (Å²) in [6, 6.07) is 0. The van der Waals surface area contributed by atoms with Crippen LogP contribution in [0.2, 0.25) is 0 Å². The molecule has 0 aromatic carbocycles. The van der Waals surface area contributed by atoms with E-state index in [9.17, 15) is 24.0 Å². The van der Waals surface area contributed by atoms with E-state index in [4.69, 9.17) is 28.4 Å². The second kappa shape index (κ2) is 28.3. The number of nitrogens with zero attached hydrogens (tertiary/aromatic N) is 4. The zero-order chi connectivity index (χ0) is 37.6. The Kier molecular flexibility index (Phi) is 24.7. The number of alkyl carbamates (subject to hydrolysis) is 1. The summed E-state index contributed by atoms with van der Waals surface area (Å²) in [7, 11) is 0. The highest BCUT2D eigenvalue weighted by Crippen LogP contribution is 2.12. The van der Waals surface area contributed by atoms with E-state index in [1.807, 2.05) is 0 Å². The third-order valence-corrected chi connectivity index (χ3v) is 5.77. The largest absolute Gasteiger partial charge is 0.443 e. The van der Waals surface area contributed by atoms with Crippen molar-refractivity contribution >= 4 is 36.4 Å². The molecule has 290 valence electrons. The van der Waals surface area contributed by atoms with Gasteiger partial charge in [0.25, 0.3) is 5.91 Å². The van der Waals surface area contributed by atoms with Gasteiger partial charge in [0.1, 0.15) is 12.3 Å². The zero-order valence-electron chi connectivity index (χ0n) is 29.7. The van der Waals surface area contributed by atoms with Gasteiger partial charge >= 0.3 is 6.09 Å². The maximum Gasteiger partial charge on any atom is 0.407 e. The van der Waals surface area contributed by atoms with Crippen LogP contribution in [0, 0.1) is 5.41 Å². The summed E-state index contributed by atoms with van der Waals surface area (Å²) in [6.45, 7) is 13.3. The van der Waals surface area contributed by atoms with Crippen LogP contribution in [0.3, 0.4) is 0 Å². The number of aromatic nitrogens is 3. The Bertz CT molecular complexity index is 1160. The SMILES string of the molecule is C=NOCC(=O)NCC(=O)NCC(=O)NCC(=O)NCCNC(=O)OCc1cn(CCOCCOCCOCCOCCOCC(C)(C)C)nn1. The van der Waals surface area contributed by atoms with Crippen molar-refractivity contribution in [1.82, 2.24) is 41.6 Å². The summed E-state index contributed by atoms with van der Waals surface area (Å²) in [5.74, 6) is -2.35. The lowest BCUT2D eigenvalue weighted by molar-refractivity contribution is -0.130. The van der Waals surface area contributed by atoms with Crippen molar-refractivity contribution in [3.8, 4) is 0 Å². The van der Waals surface area contributed by atoms with E-state index in [0.717, 1.165) is 0 Å². The van der Waals surface area contributed by atoms with Gasteiger partial charge in [0.2, 0.25) is 17.7 Å². The Hall–Kier alpha value is -4.44. The summed E-state index contributed by atoms with van der Waals surface area (Å²) >= 11 is 0. The average Bonchev–Trinajstić information content (AvgIpc) is 3.55. The third-order valence-electron chi connectivity index (χ3n) is 5.77. The van der Waals surface area contributed by atoms with E-state index in [1.54, 1.807) is 10.9 Å². The van der Waals surface area contributed by atoms with Crippen LogP contribution in [0.15, 0.2) is 11.4 Å². The van der Waals surface area contributed by atoms with Crippen molar-refractivity contribution in [3.05, 3.63) is 11.9 Å². The second-order valence-electron chi connectivity index (χ2n) is 11.6. The number of ether oxygens (including phenoxy) is 6. The van der Waals surface area contributed by atoms with Crippen LogP contribution >= 0.6 is 0 Å². The lowest BCUT2D eigenvalue weighted by Crippen LogP contribution is -2.45. The molecule has 1 aromatic rings. The molecule has 51 heavy (non-hydrogen) atoms. The molecule has 21 heteroatoms. The van der Waals surface area contributed by atoms with Crippen molar-refractivity contribution in [2.75, 3.05) is 105 Å². The van der Waals surface area contributed by atoms with Crippen LogP contribution in [0.4, 0.5) is 4.79 Å². The Balaban J connectivity index is 1.96. The average molecular weight is 732 g/mol. The van der Waals surface area contributed by atoms with Crippen molar-refractivity contribution in [1.29, 1.82) is 0 Å². The van der Waals surface area contributed by atoms with Crippen LogP contribution in [0.25, 0.3) is 0 Å². The molecule has 0 bridgehead atoms. The minimum absolute atomic E-state index is 0.0677. The Morgan fingerprint density at radius 3 is 1.75 bits per heavy atom. The van der Waals surface area contributed by atoms with Gasteiger partial charge in [0.05, 0.1) is 98.4 Å². The van der Waals surface area contributed by atoms with Crippen LogP contribution in [0.1, 0.15) is 26.5 Å². The van der Waals surface area contributed by atoms with E-state index in [1.165, 1.54) is 0 Å².